The third-order valence-corrected chi connectivity index (χ3v) is 5.91. The maximum absolute atomic E-state index is 13.2. The zero-order valence-corrected chi connectivity index (χ0v) is 15.6. The average Bonchev–Trinajstić information content (AvgIpc) is 3.17. The van der Waals surface area contributed by atoms with E-state index in [1.54, 1.807) is 0 Å². The summed E-state index contributed by atoms with van der Waals surface area (Å²) in [7, 11) is 0. The summed E-state index contributed by atoms with van der Waals surface area (Å²) in [6, 6.07) is 15.4. The number of nitrogens with one attached hydrogen (secondary N) is 1. The van der Waals surface area contributed by atoms with Crippen LogP contribution < -0.4 is 5.56 Å². The van der Waals surface area contributed by atoms with Crippen molar-refractivity contribution in [3.63, 3.8) is 0 Å². The molecule has 5 rings (SSSR count). The van der Waals surface area contributed by atoms with E-state index in [1.807, 2.05) is 24.3 Å². The molecule has 1 N–H and O–H groups in total. The molecule has 142 valence electrons. The minimum Gasteiger partial charge on any atom is -0.306 e. The monoisotopic (exact) mass is 375 g/mol. The third-order valence-electron chi connectivity index (χ3n) is 5.91. The van der Waals surface area contributed by atoms with Crippen molar-refractivity contribution in [2.45, 2.75) is 38.3 Å². The van der Waals surface area contributed by atoms with Crippen molar-refractivity contribution in [1.29, 1.82) is 0 Å². The third kappa shape index (κ3) is 3.16. The van der Waals surface area contributed by atoms with E-state index in [2.05, 4.69) is 22.0 Å². The van der Waals surface area contributed by atoms with E-state index in [-0.39, 0.29) is 11.4 Å². The first kappa shape index (κ1) is 17.3. The van der Waals surface area contributed by atoms with Crippen LogP contribution in [0.2, 0.25) is 0 Å². The van der Waals surface area contributed by atoms with Crippen molar-refractivity contribution in [2.75, 3.05) is 6.54 Å². The van der Waals surface area contributed by atoms with Crippen molar-refractivity contribution < 1.29 is 4.39 Å². The van der Waals surface area contributed by atoms with Gasteiger partial charge in [-0.2, -0.15) is 0 Å². The average molecular weight is 375 g/mol. The predicted molar refractivity (Wildman–Crippen MR) is 106 cm³/mol. The summed E-state index contributed by atoms with van der Waals surface area (Å²) in [6.07, 6.45) is 3.82. The number of rotatable bonds is 4. The Bertz CT molecular complexity index is 1070. The molecule has 5 heteroatoms. The van der Waals surface area contributed by atoms with E-state index in [0.717, 1.165) is 61.2 Å². The number of likely N-dealkylation sites (tertiary alicyclic amines) is 1. The Hall–Kier alpha value is -2.79. The second-order valence-electron chi connectivity index (χ2n) is 7.72. The van der Waals surface area contributed by atoms with Crippen LogP contribution in [0.15, 0.2) is 53.3 Å². The molecule has 2 heterocycles. The molecule has 1 aliphatic heterocycles. The molecule has 1 atom stereocenters. The van der Waals surface area contributed by atoms with Crippen molar-refractivity contribution >= 4 is 0 Å². The molecule has 0 radical (unpaired) electrons. The van der Waals surface area contributed by atoms with Gasteiger partial charge in [-0.05, 0) is 55.0 Å². The lowest BCUT2D eigenvalue weighted by molar-refractivity contribution is 0.0819. The van der Waals surface area contributed by atoms with Crippen LogP contribution in [0.25, 0.3) is 11.4 Å². The summed E-state index contributed by atoms with van der Waals surface area (Å²) < 4.78 is 13.2. The van der Waals surface area contributed by atoms with Gasteiger partial charge in [-0.25, -0.2) is 9.37 Å². The minimum absolute atomic E-state index is 0.00187. The van der Waals surface area contributed by atoms with Crippen molar-refractivity contribution in [1.82, 2.24) is 14.9 Å². The second-order valence-corrected chi connectivity index (χ2v) is 7.72. The van der Waals surface area contributed by atoms with Gasteiger partial charge in [0.1, 0.15) is 11.6 Å². The summed E-state index contributed by atoms with van der Waals surface area (Å²) >= 11 is 0. The molecular weight excluding hydrogens is 353 g/mol. The Kier molecular flexibility index (Phi) is 4.32. The van der Waals surface area contributed by atoms with Gasteiger partial charge in [0.2, 0.25) is 0 Å². The lowest BCUT2D eigenvalue weighted by Crippen LogP contribution is -2.40. The number of hydrogen-bond acceptors (Lipinski definition) is 3. The zero-order chi connectivity index (χ0) is 19.1. The minimum atomic E-state index is -0.196. The van der Waals surface area contributed by atoms with Crippen LogP contribution in [0.3, 0.4) is 0 Å². The standard InChI is InChI=1S/C23H22FN3O/c24-18-9-7-16(8-10-18)21-11-12-27(21)14-15-3-1-4-17(13-15)22-25-20-6-2-5-19(20)23(28)26-22/h1,3-4,7-10,13,21H,2,5-6,11-12,14H2,(H,25,26,28)/t21-/m0/s1. The van der Waals surface area contributed by atoms with E-state index in [1.165, 1.54) is 17.7 Å². The first-order chi connectivity index (χ1) is 13.7. The Morgan fingerprint density at radius 1 is 1.14 bits per heavy atom. The number of aromatic amines is 1. The maximum atomic E-state index is 13.2. The molecule has 28 heavy (non-hydrogen) atoms. The number of aryl methyl sites for hydroxylation is 1. The lowest BCUT2D eigenvalue weighted by Gasteiger charge is -2.41. The highest BCUT2D eigenvalue weighted by Crippen LogP contribution is 2.35. The van der Waals surface area contributed by atoms with E-state index in [0.29, 0.717) is 11.9 Å². The van der Waals surface area contributed by atoms with Gasteiger partial charge in [-0.15, -0.1) is 0 Å². The van der Waals surface area contributed by atoms with Gasteiger partial charge >= 0.3 is 0 Å². The Morgan fingerprint density at radius 3 is 2.79 bits per heavy atom. The summed E-state index contributed by atoms with van der Waals surface area (Å²) in [4.78, 5) is 22.4. The van der Waals surface area contributed by atoms with E-state index in [4.69, 9.17) is 4.98 Å². The van der Waals surface area contributed by atoms with Crippen molar-refractivity contribution in [2.24, 2.45) is 0 Å². The number of aromatic nitrogens is 2. The van der Waals surface area contributed by atoms with Crippen LogP contribution in [0.4, 0.5) is 4.39 Å². The fraction of sp³-hybridized carbons (Fsp3) is 0.304. The highest BCUT2D eigenvalue weighted by molar-refractivity contribution is 5.56. The summed E-state index contributed by atoms with van der Waals surface area (Å²) in [5.41, 5.74) is 5.09. The van der Waals surface area contributed by atoms with Gasteiger partial charge in [0.05, 0.1) is 5.69 Å². The van der Waals surface area contributed by atoms with Crippen molar-refractivity contribution in [3.8, 4) is 11.4 Å². The summed E-state index contributed by atoms with van der Waals surface area (Å²) in [5, 5.41) is 0. The fourth-order valence-corrected chi connectivity index (χ4v) is 4.32. The molecular formula is C23H22FN3O. The van der Waals surface area contributed by atoms with Crippen LogP contribution >= 0.6 is 0 Å². The van der Waals surface area contributed by atoms with Gasteiger partial charge in [0.25, 0.3) is 5.56 Å². The SMILES string of the molecule is O=c1[nH]c(-c2cccc(CN3CC[C@H]3c3ccc(F)cc3)c2)nc2c1CCC2. The fourth-order valence-electron chi connectivity index (χ4n) is 4.32. The number of H-pyrrole nitrogens is 1. The van der Waals surface area contributed by atoms with Gasteiger partial charge in [-0.3, -0.25) is 9.69 Å². The molecule has 0 spiro atoms. The molecule has 0 unspecified atom stereocenters. The number of halogens is 1. The van der Waals surface area contributed by atoms with Gasteiger partial charge in [0.15, 0.2) is 0 Å². The summed E-state index contributed by atoms with van der Waals surface area (Å²) in [6.45, 7) is 1.85. The number of benzene rings is 2. The molecule has 2 aliphatic rings. The lowest BCUT2D eigenvalue weighted by atomic mass is 9.94. The first-order valence-electron chi connectivity index (χ1n) is 9.88. The Morgan fingerprint density at radius 2 is 2.00 bits per heavy atom. The molecule has 1 saturated heterocycles. The molecule has 1 fully saturated rings. The zero-order valence-electron chi connectivity index (χ0n) is 15.6. The second kappa shape index (κ2) is 6.99. The highest BCUT2D eigenvalue weighted by Gasteiger charge is 2.29. The normalized spacial score (nSPS) is 18.7. The van der Waals surface area contributed by atoms with E-state index in [9.17, 15) is 9.18 Å². The molecule has 1 aromatic heterocycles. The molecule has 3 aromatic rings. The van der Waals surface area contributed by atoms with Crippen LogP contribution in [-0.2, 0) is 19.4 Å². The van der Waals surface area contributed by atoms with Gasteiger partial charge < -0.3 is 4.98 Å². The first-order valence-corrected chi connectivity index (χ1v) is 9.88. The van der Waals surface area contributed by atoms with Crippen LogP contribution in [0, 0.1) is 5.82 Å². The predicted octanol–water partition coefficient (Wildman–Crippen LogP) is 4.01. The molecule has 2 aromatic carbocycles. The van der Waals surface area contributed by atoms with E-state index < -0.39 is 0 Å². The van der Waals surface area contributed by atoms with Gasteiger partial charge in [0, 0.05) is 30.3 Å². The quantitative estimate of drug-likeness (QED) is 0.750. The topological polar surface area (TPSA) is 49.0 Å². The molecule has 0 bridgehead atoms. The Balaban J connectivity index is 1.37. The number of nitrogens with zero attached hydrogens (tertiary/aromatic N) is 2. The number of fused-ring (bicyclic) bond motifs is 1. The highest BCUT2D eigenvalue weighted by atomic mass is 19.1. The molecule has 4 nitrogen and oxygen atoms in total. The smallest absolute Gasteiger partial charge is 0.254 e. The maximum Gasteiger partial charge on any atom is 0.254 e. The summed E-state index contributed by atoms with van der Waals surface area (Å²) in [5.74, 6) is 0.462. The van der Waals surface area contributed by atoms with Crippen LogP contribution in [0.5, 0.6) is 0 Å². The van der Waals surface area contributed by atoms with Crippen LogP contribution in [-0.4, -0.2) is 21.4 Å². The molecule has 0 amide bonds. The molecule has 1 aliphatic carbocycles. The van der Waals surface area contributed by atoms with Crippen LogP contribution in [0.1, 0.15) is 41.3 Å². The molecule has 0 saturated carbocycles. The Labute approximate surface area is 163 Å². The number of hydrogen-bond donors (Lipinski definition) is 1. The largest absolute Gasteiger partial charge is 0.306 e. The van der Waals surface area contributed by atoms with E-state index >= 15 is 0 Å². The van der Waals surface area contributed by atoms with Crippen molar-refractivity contribution in [3.05, 3.63) is 87.1 Å². The van der Waals surface area contributed by atoms with Gasteiger partial charge in [-0.1, -0.05) is 30.3 Å².